The van der Waals surface area contributed by atoms with Gasteiger partial charge in [0, 0.05) is 18.8 Å². The van der Waals surface area contributed by atoms with Crippen LogP contribution in [0.25, 0.3) is 0 Å². The minimum atomic E-state index is -0.126. The lowest BCUT2D eigenvalue weighted by Gasteiger charge is -2.10. The first-order valence-corrected chi connectivity index (χ1v) is 4.82. The lowest BCUT2D eigenvalue weighted by molar-refractivity contribution is 0.501. The summed E-state index contributed by atoms with van der Waals surface area (Å²) in [6.45, 7) is 1.71. The third-order valence-corrected chi connectivity index (χ3v) is 2.70. The van der Waals surface area contributed by atoms with Gasteiger partial charge in [-0.3, -0.25) is 4.57 Å². The van der Waals surface area contributed by atoms with Crippen LogP contribution < -0.4 is 11.0 Å². The molecule has 1 saturated heterocycles. The average molecular weight is 202 g/mol. The van der Waals surface area contributed by atoms with Crippen LogP contribution in [0.3, 0.4) is 0 Å². The molecule has 1 aliphatic heterocycles. The van der Waals surface area contributed by atoms with E-state index in [4.69, 9.17) is 11.6 Å². The molecule has 2 heterocycles. The van der Waals surface area contributed by atoms with Crippen LogP contribution in [0.1, 0.15) is 12.8 Å². The molecule has 0 spiro atoms. The van der Waals surface area contributed by atoms with Crippen molar-refractivity contribution < 1.29 is 0 Å². The lowest BCUT2D eigenvalue weighted by atomic mass is 10.2. The second-order valence-corrected chi connectivity index (χ2v) is 3.71. The summed E-state index contributed by atoms with van der Waals surface area (Å²) in [5.41, 5.74) is -0.126. The molecule has 1 aromatic rings. The van der Waals surface area contributed by atoms with Crippen LogP contribution in [0.5, 0.6) is 0 Å². The summed E-state index contributed by atoms with van der Waals surface area (Å²) in [5, 5.41) is 3.80. The predicted octanol–water partition coefficient (Wildman–Crippen LogP) is 0.582. The van der Waals surface area contributed by atoms with Gasteiger partial charge < -0.3 is 10.3 Å². The van der Waals surface area contributed by atoms with Gasteiger partial charge in [-0.1, -0.05) is 11.6 Å². The average Bonchev–Trinajstić information content (AvgIpc) is 2.70. The molecule has 0 amide bonds. The fourth-order valence-electron chi connectivity index (χ4n) is 1.68. The minimum Gasteiger partial charge on any atom is -0.312 e. The highest BCUT2D eigenvalue weighted by Gasteiger charge is 2.16. The SMILES string of the molecule is O=c1[nH]cc(Cl)n1CC1CCCN1. The number of imidazole rings is 1. The normalized spacial score (nSPS) is 22.4. The first kappa shape index (κ1) is 8.84. The predicted molar refractivity (Wildman–Crippen MR) is 51.1 cm³/mol. The molecule has 5 heteroatoms. The van der Waals surface area contributed by atoms with E-state index in [9.17, 15) is 4.79 Å². The molecule has 1 atom stereocenters. The van der Waals surface area contributed by atoms with Crippen LogP contribution in [0.2, 0.25) is 5.15 Å². The van der Waals surface area contributed by atoms with E-state index in [1.165, 1.54) is 12.6 Å². The van der Waals surface area contributed by atoms with E-state index in [1.54, 1.807) is 4.57 Å². The number of rotatable bonds is 2. The Hall–Kier alpha value is -0.740. The fourth-order valence-corrected chi connectivity index (χ4v) is 1.88. The van der Waals surface area contributed by atoms with Crippen molar-refractivity contribution in [3.63, 3.8) is 0 Å². The maximum atomic E-state index is 11.2. The molecule has 0 saturated carbocycles. The molecule has 1 unspecified atom stereocenters. The number of halogens is 1. The second-order valence-electron chi connectivity index (χ2n) is 3.32. The summed E-state index contributed by atoms with van der Waals surface area (Å²) in [5.74, 6) is 0. The van der Waals surface area contributed by atoms with Crippen molar-refractivity contribution in [2.45, 2.75) is 25.4 Å². The van der Waals surface area contributed by atoms with Gasteiger partial charge in [0.05, 0.1) is 0 Å². The van der Waals surface area contributed by atoms with Crippen LogP contribution in [-0.4, -0.2) is 22.1 Å². The van der Waals surface area contributed by atoms with E-state index >= 15 is 0 Å². The van der Waals surface area contributed by atoms with Crippen LogP contribution >= 0.6 is 11.6 Å². The van der Waals surface area contributed by atoms with Crippen molar-refractivity contribution >= 4 is 11.6 Å². The Bertz CT molecular complexity index is 337. The Kier molecular flexibility index (Phi) is 2.42. The zero-order valence-corrected chi connectivity index (χ0v) is 7.97. The highest BCUT2D eigenvalue weighted by atomic mass is 35.5. The molecule has 1 aliphatic rings. The molecule has 2 N–H and O–H groups in total. The molecule has 0 aliphatic carbocycles. The molecule has 0 bridgehead atoms. The van der Waals surface area contributed by atoms with E-state index in [0.717, 1.165) is 13.0 Å². The Labute approximate surface area is 80.9 Å². The Balaban J connectivity index is 2.12. The van der Waals surface area contributed by atoms with Gasteiger partial charge in [0.1, 0.15) is 5.15 Å². The highest BCUT2D eigenvalue weighted by molar-refractivity contribution is 6.29. The minimum absolute atomic E-state index is 0.126. The van der Waals surface area contributed by atoms with E-state index in [-0.39, 0.29) is 5.69 Å². The largest absolute Gasteiger partial charge is 0.326 e. The maximum absolute atomic E-state index is 11.2. The molecule has 0 aromatic carbocycles. The molecular weight excluding hydrogens is 190 g/mol. The molecule has 72 valence electrons. The van der Waals surface area contributed by atoms with Crippen molar-refractivity contribution in [2.75, 3.05) is 6.54 Å². The quantitative estimate of drug-likeness (QED) is 0.736. The number of hydrogen-bond acceptors (Lipinski definition) is 2. The number of hydrogen-bond donors (Lipinski definition) is 2. The van der Waals surface area contributed by atoms with Gasteiger partial charge in [-0.2, -0.15) is 0 Å². The van der Waals surface area contributed by atoms with Crippen molar-refractivity contribution in [1.29, 1.82) is 0 Å². The molecule has 1 aromatic heterocycles. The summed E-state index contributed by atoms with van der Waals surface area (Å²) in [7, 11) is 0. The van der Waals surface area contributed by atoms with Crippen LogP contribution in [0.4, 0.5) is 0 Å². The standard InChI is InChI=1S/C8H12ClN3O/c9-7-4-11-8(13)12(7)5-6-2-1-3-10-6/h4,6,10H,1-3,5H2,(H,11,13). The van der Waals surface area contributed by atoms with Crippen molar-refractivity contribution in [1.82, 2.24) is 14.9 Å². The second kappa shape index (κ2) is 3.55. The third-order valence-electron chi connectivity index (χ3n) is 2.38. The molecule has 1 fully saturated rings. The summed E-state index contributed by atoms with van der Waals surface area (Å²) < 4.78 is 1.56. The van der Waals surface area contributed by atoms with Crippen molar-refractivity contribution in [3.8, 4) is 0 Å². The first-order chi connectivity index (χ1) is 6.27. The van der Waals surface area contributed by atoms with Gasteiger partial charge in [-0.15, -0.1) is 0 Å². The monoisotopic (exact) mass is 201 g/mol. The zero-order valence-electron chi connectivity index (χ0n) is 7.22. The topological polar surface area (TPSA) is 49.8 Å². The van der Waals surface area contributed by atoms with Gasteiger partial charge in [0.25, 0.3) is 0 Å². The van der Waals surface area contributed by atoms with Gasteiger partial charge in [-0.25, -0.2) is 4.79 Å². The Morgan fingerprint density at radius 3 is 3.08 bits per heavy atom. The summed E-state index contributed by atoms with van der Waals surface area (Å²) in [6, 6.07) is 0.394. The van der Waals surface area contributed by atoms with Gasteiger partial charge >= 0.3 is 5.69 Å². The molecular formula is C8H12ClN3O. The summed E-state index contributed by atoms with van der Waals surface area (Å²) in [6.07, 6.45) is 3.83. The van der Waals surface area contributed by atoms with Gasteiger partial charge in [0.15, 0.2) is 0 Å². The van der Waals surface area contributed by atoms with E-state index in [2.05, 4.69) is 10.3 Å². The van der Waals surface area contributed by atoms with E-state index in [1.807, 2.05) is 0 Å². The van der Waals surface area contributed by atoms with Crippen molar-refractivity contribution in [2.24, 2.45) is 0 Å². The summed E-state index contributed by atoms with van der Waals surface area (Å²) >= 11 is 5.83. The smallest absolute Gasteiger partial charge is 0.312 e. The van der Waals surface area contributed by atoms with E-state index in [0.29, 0.717) is 17.7 Å². The number of aromatic amines is 1. The molecule has 13 heavy (non-hydrogen) atoms. The Morgan fingerprint density at radius 2 is 2.54 bits per heavy atom. The van der Waals surface area contributed by atoms with Crippen molar-refractivity contribution in [3.05, 3.63) is 21.8 Å². The molecule has 0 radical (unpaired) electrons. The third kappa shape index (κ3) is 1.78. The molecule has 2 rings (SSSR count). The fraction of sp³-hybridized carbons (Fsp3) is 0.625. The van der Waals surface area contributed by atoms with Gasteiger partial charge in [0.2, 0.25) is 0 Å². The highest BCUT2D eigenvalue weighted by Crippen LogP contribution is 2.10. The zero-order chi connectivity index (χ0) is 9.26. The van der Waals surface area contributed by atoms with Crippen LogP contribution in [0.15, 0.2) is 11.0 Å². The number of nitrogens with one attached hydrogen (secondary N) is 2. The van der Waals surface area contributed by atoms with Crippen LogP contribution in [0, 0.1) is 0 Å². The van der Waals surface area contributed by atoms with Gasteiger partial charge in [-0.05, 0) is 19.4 Å². The Morgan fingerprint density at radius 1 is 1.69 bits per heavy atom. The molecule has 4 nitrogen and oxygen atoms in total. The maximum Gasteiger partial charge on any atom is 0.326 e. The lowest BCUT2D eigenvalue weighted by Crippen LogP contribution is -2.31. The number of nitrogens with zero attached hydrogens (tertiary/aromatic N) is 1. The van der Waals surface area contributed by atoms with E-state index < -0.39 is 0 Å². The number of H-pyrrole nitrogens is 1. The van der Waals surface area contributed by atoms with Crippen LogP contribution in [-0.2, 0) is 6.54 Å². The number of aromatic nitrogens is 2. The first-order valence-electron chi connectivity index (χ1n) is 4.44. The summed E-state index contributed by atoms with van der Waals surface area (Å²) in [4.78, 5) is 13.8.